The van der Waals surface area contributed by atoms with Crippen LogP contribution in [0.15, 0.2) is 23.6 Å². The van der Waals surface area contributed by atoms with Crippen molar-refractivity contribution in [3.8, 4) is 0 Å². The van der Waals surface area contributed by atoms with Crippen molar-refractivity contribution < 1.29 is 14.6 Å². The molecule has 0 saturated heterocycles. The summed E-state index contributed by atoms with van der Waals surface area (Å²) in [5.41, 5.74) is 0.700. The van der Waals surface area contributed by atoms with E-state index in [0.29, 0.717) is 12.0 Å². The van der Waals surface area contributed by atoms with Crippen molar-refractivity contribution in [1.82, 2.24) is 0 Å². The number of halogens is 1. The van der Waals surface area contributed by atoms with Gasteiger partial charge in [0.05, 0.1) is 0 Å². The zero-order valence-corrected chi connectivity index (χ0v) is 7.00. The summed E-state index contributed by atoms with van der Waals surface area (Å²) in [5, 5.41) is 18.4. The van der Waals surface area contributed by atoms with Gasteiger partial charge in [0.2, 0.25) is 0 Å². The van der Waals surface area contributed by atoms with Gasteiger partial charge in [-0.3, -0.25) is 0 Å². The van der Waals surface area contributed by atoms with E-state index in [1.165, 1.54) is 12.2 Å². The van der Waals surface area contributed by atoms with Crippen molar-refractivity contribution in [3.63, 3.8) is 0 Å². The van der Waals surface area contributed by atoms with Gasteiger partial charge in [-0.1, -0.05) is 19.4 Å². The van der Waals surface area contributed by atoms with Crippen molar-refractivity contribution in [1.29, 1.82) is 0 Å². The van der Waals surface area contributed by atoms with Crippen molar-refractivity contribution in [3.05, 3.63) is 23.6 Å². The molecular weight excluding hydrogens is 159 g/mol. The molecular formula is C9H13FO2. The smallest absolute Gasteiger partial charge is 0.135 e. The van der Waals surface area contributed by atoms with E-state index in [0.717, 1.165) is 6.42 Å². The molecule has 0 aromatic rings. The molecule has 0 heterocycles. The fourth-order valence-electron chi connectivity index (χ4n) is 1.26. The molecule has 0 aliphatic heterocycles. The van der Waals surface area contributed by atoms with E-state index in [4.69, 9.17) is 5.11 Å². The lowest BCUT2D eigenvalue weighted by molar-refractivity contribution is 0.0474. The number of hydrogen-bond acceptors (Lipinski definition) is 2. The number of hydrogen-bond donors (Lipinski definition) is 2. The normalized spacial score (nSPS) is 29.7. The van der Waals surface area contributed by atoms with Crippen LogP contribution in [0.4, 0.5) is 4.39 Å². The SMILES string of the molecule is CCCC1=CC=C(F)[C@H](O)[C@@H]1O. The number of allylic oxidation sites excluding steroid dienone is 2. The maximum absolute atomic E-state index is 12.6. The fraction of sp³-hybridized carbons (Fsp3) is 0.556. The first-order valence-corrected chi connectivity index (χ1v) is 4.09. The van der Waals surface area contributed by atoms with Gasteiger partial charge in [-0.15, -0.1) is 0 Å². The first-order valence-electron chi connectivity index (χ1n) is 4.09. The van der Waals surface area contributed by atoms with E-state index < -0.39 is 18.0 Å². The maximum atomic E-state index is 12.6. The van der Waals surface area contributed by atoms with Gasteiger partial charge >= 0.3 is 0 Å². The molecule has 2 atom stereocenters. The van der Waals surface area contributed by atoms with Crippen LogP contribution in [0.5, 0.6) is 0 Å². The molecule has 0 radical (unpaired) electrons. The van der Waals surface area contributed by atoms with Gasteiger partial charge in [0.15, 0.2) is 0 Å². The Morgan fingerprint density at radius 2 is 2.00 bits per heavy atom. The number of aliphatic hydroxyl groups is 2. The Kier molecular flexibility index (Phi) is 3.00. The predicted molar refractivity (Wildman–Crippen MR) is 44.2 cm³/mol. The second kappa shape index (κ2) is 3.83. The molecule has 68 valence electrons. The van der Waals surface area contributed by atoms with E-state index in [-0.39, 0.29) is 0 Å². The Morgan fingerprint density at radius 3 is 2.58 bits per heavy atom. The Morgan fingerprint density at radius 1 is 1.33 bits per heavy atom. The molecule has 0 aromatic carbocycles. The van der Waals surface area contributed by atoms with Crippen LogP contribution < -0.4 is 0 Å². The molecule has 1 aliphatic rings. The second-order valence-corrected chi connectivity index (χ2v) is 2.93. The molecule has 0 fully saturated rings. The third-order valence-corrected chi connectivity index (χ3v) is 1.96. The summed E-state index contributed by atoms with van der Waals surface area (Å²) < 4.78 is 12.6. The molecule has 0 bridgehead atoms. The third kappa shape index (κ3) is 1.73. The van der Waals surface area contributed by atoms with Crippen LogP contribution in [0.25, 0.3) is 0 Å². The van der Waals surface area contributed by atoms with Crippen molar-refractivity contribution in [2.45, 2.75) is 32.0 Å². The van der Waals surface area contributed by atoms with Crippen LogP contribution >= 0.6 is 0 Å². The first kappa shape index (κ1) is 9.42. The largest absolute Gasteiger partial charge is 0.386 e. The average Bonchev–Trinajstić information content (AvgIpc) is 2.07. The molecule has 1 rings (SSSR count). The van der Waals surface area contributed by atoms with Gasteiger partial charge in [-0.2, -0.15) is 0 Å². The van der Waals surface area contributed by atoms with Gasteiger partial charge in [-0.05, 0) is 18.1 Å². The van der Waals surface area contributed by atoms with Gasteiger partial charge in [-0.25, -0.2) is 4.39 Å². The maximum Gasteiger partial charge on any atom is 0.135 e. The van der Waals surface area contributed by atoms with Crippen LogP contribution in [0.2, 0.25) is 0 Å². The fourth-order valence-corrected chi connectivity index (χ4v) is 1.26. The lowest BCUT2D eigenvalue weighted by atomic mass is 9.95. The van der Waals surface area contributed by atoms with Crippen molar-refractivity contribution in [2.24, 2.45) is 0 Å². The van der Waals surface area contributed by atoms with Gasteiger partial charge in [0.1, 0.15) is 18.0 Å². The number of rotatable bonds is 2. The van der Waals surface area contributed by atoms with E-state index in [1.807, 2.05) is 6.92 Å². The molecule has 1 aliphatic carbocycles. The zero-order chi connectivity index (χ0) is 9.14. The van der Waals surface area contributed by atoms with Crippen molar-refractivity contribution in [2.75, 3.05) is 0 Å². The highest BCUT2D eigenvalue weighted by atomic mass is 19.1. The lowest BCUT2D eigenvalue weighted by Crippen LogP contribution is -2.30. The van der Waals surface area contributed by atoms with Crippen LogP contribution in [0, 0.1) is 0 Å². The van der Waals surface area contributed by atoms with E-state index in [9.17, 15) is 9.50 Å². The Labute approximate surface area is 71.0 Å². The summed E-state index contributed by atoms with van der Waals surface area (Å²) in [5.74, 6) is -0.664. The molecule has 2 nitrogen and oxygen atoms in total. The van der Waals surface area contributed by atoms with Gasteiger partial charge < -0.3 is 10.2 Å². The van der Waals surface area contributed by atoms with E-state index >= 15 is 0 Å². The Bertz CT molecular complexity index is 221. The first-order chi connectivity index (χ1) is 5.66. The summed E-state index contributed by atoms with van der Waals surface area (Å²) in [6, 6.07) is 0. The minimum atomic E-state index is -1.36. The summed E-state index contributed by atoms with van der Waals surface area (Å²) in [4.78, 5) is 0. The molecule has 0 unspecified atom stereocenters. The Hall–Kier alpha value is -0.670. The quantitative estimate of drug-likeness (QED) is 0.659. The van der Waals surface area contributed by atoms with Gasteiger partial charge in [0, 0.05) is 0 Å². The van der Waals surface area contributed by atoms with Crippen LogP contribution in [-0.4, -0.2) is 22.4 Å². The minimum Gasteiger partial charge on any atom is -0.386 e. The average molecular weight is 172 g/mol. The zero-order valence-electron chi connectivity index (χ0n) is 7.00. The summed E-state index contributed by atoms with van der Waals surface area (Å²) in [6.45, 7) is 1.97. The van der Waals surface area contributed by atoms with Gasteiger partial charge in [0.25, 0.3) is 0 Å². The second-order valence-electron chi connectivity index (χ2n) is 2.93. The highest BCUT2D eigenvalue weighted by Crippen LogP contribution is 2.23. The third-order valence-electron chi connectivity index (χ3n) is 1.96. The predicted octanol–water partition coefficient (Wildman–Crippen LogP) is 1.30. The Balaban J connectivity index is 2.75. The van der Waals surface area contributed by atoms with Crippen LogP contribution in [0.1, 0.15) is 19.8 Å². The molecule has 0 spiro atoms. The summed E-state index contributed by atoms with van der Waals surface area (Å²) in [6.07, 6.45) is 1.90. The highest BCUT2D eigenvalue weighted by Gasteiger charge is 2.26. The summed E-state index contributed by atoms with van der Waals surface area (Å²) >= 11 is 0. The topological polar surface area (TPSA) is 40.5 Å². The highest BCUT2D eigenvalue weighted by molar-refractivity contribution is 5.28. The standard InChI is InChI=1S/C9H13FO2/c1-2-3-6-4-5-7(10)9(12)8(6)11/h4-5,8-9,11-12H,2-3H2,1H3/t8-,9+/m1/s1. The van der Waals surface area contributed by atoms with Crippen molar-refractivity contribution >= 4 is 0 Å². The minimum absolute atomic E-state index is 0.664. The lowest BCUT2D eigenvalue weighted by Gasteiger charge is -2.22. The van der Waals surface area contributed by atoms with E-state index in [1.54, 1.807) is 0 Å². The monoisotopic (exact) mass is 172 g/mol. The number of aliphatic hydroxyl groups excluding tert-OH is 2. The molecule has 0 amide bonds. The van der Waals surface area contributed by atoms with E-state index in [2.05, 4.69) is 0 Å². The molecule has 2 N–H and O–H groups in total. The molecule has 0 saturated carbocycles. The molecule has 0 aromatic heterocycles. The molecule has 3 heteroatoms. The van der Waals surface area contributed by atoms with Crippen LogP contribution in [0.3, 0.4) is 0 Å². The molecule has 12 heavy (non-hydrogen) atoms. The van der Waals surface area contributed by atoms with Crippen LogP contribution in [-0.2, 0) is 0 Å². The summed E-state index contributed by atoms with van der Waals surface area (Å²) in [7, 11) is 0.